The molecule has 1 fully saturated rings. The highest BCUT2D eigenvalue weighted by Crippen LogP contribution is 2.18. The van der Waals surface area contributed by atoms with Gasteiger partial charge in [-0.25, -0.2) is 4.39 Å². The molecule has 2 N–H and O–H groups in total. The summed E-state index contributed by atoms with van der Waals surface area (Å²) in [7, 11) is 1.82. The zero-order chi connectivity index (χ0) is 16.7. The summed E-state index contributed by atoms with van der Waals surface area (Å²) in [5, 5.41) is 5.86. The second-order valence-corrected chi connectivity index (χ2v) is 5.85. The maximum atomic E-state index is 12.8. The SMILES string of the molecule is CNCCC(=O)N1CCC(C(=O)NCc2ccc(F)cc2)CC1. The minimum Gasteiger partial charge on any atom is -0.352 e. The predicted octanol–water partition coefficient (Wildman–Crippen LogP) is 1.29. The van der Waals surface area contributed by atoms with Gasteiger partial charge in [0.25, 0.3) is 0 Å². The highest BCUT2D eigenvalue weighted by molar-refractivity contribution is 5.80. The first kappa shape index (κ1) is 17.4. The van der Waals surface area contributed by atoms with Crippen molar-refractivity contribution in [3.63, 3.8) is 0 Å². The van der Waals surface area contributed by atoms with Gasteiger partial charge >= 0.3 is 0 Å². The van der Waals surface area contributed by atoms with Crippen molar-refractivity contribution in [3.8, 4) is 0 Å². The molecule has 23 heavy (non-hydrogen) atoms. The van der Waals surface area contributed by atoms with E-state index >= 15 is 0 Å². The van der Waals surface area contributed by atoms with Crippen LogP contribution in [0.2, 0.25) is 0 Å². The number of rotatable bonds is 6. The van der Waals surface area contributed by atoms with Gasteiger partial charge in [0.05, 0.1) is 0 Å². The fourth-order valence-corrected chi connectivity index (χ4v) is 2.72. The average molecular weight is 321 g/mol. The Labute approximate surface area is 136 Å². The fourth-order valence-electron chi connectivity index (χ4n) is 2.72. The number of benzene rings is 1. The van der Waals surface area contributed by atoms with Gasteiger partial charge in [-0.3, -0.25) is 9.59 Å². The Kier molecular flexibility index (Phi) is 6.52. The summed E-state index contributed by atoms with van der Waals surface area (Å²) in [5.74, 6) is -0.180. The van der Waals surface area contributed by atoms with Crippen LogP contribution in [0.5, 0.6) is 0 Å². The minimum absolute atomic E-state index is 0.0108. The Morgan fingerprint density at radius 1 is 1.22 bits per heavy atom. The molecule has 0 radical (unpaired) electrons. The summed E-state index contributed by atoms with van der Waals surface area (Å²) in [5.41, 5.74) is 0.874. The Hall–Kier alpha value is -1.95. The number of hydrogen-bond acceptors (Lipinski definition) is 3. The van der Waals surface area contributed by atoms with Gasteiger partial charge in [0, 0.05) is 38.5 Å². The summed E-state index contributed by atoms with van der Waals surface area (Å²) in [6, 6.07) is 6.10. The molecule has 0 aromatic heterocycles. The summed E-state index contributed by atoms with van der Waals surface area (Å²) in [4.78, 5) is 25.9. The van der Waals surface area contributed by atoms with Gasteiger partial charge in [-0.1, -0.05) is 12.1 Å². The molecule has 0 saturated carbocycles. The zero-order valence-corrected chi connectivity index (χ0v) is 13.5. The van der Waals surface area contributed by atoms with Crippen molar-refractivity contribution in [2.75, 3.05) is 26.7 Å². The van der Waals surface area contributed by atoms with E-state index in [0.717, 1.165) is 5.56 Å². The van der Waals surface area contributed by atoms with E-state index in [2.05, 4.69) is 10.6 Å². The zero-order valence-electron chi connectivity index (χ0n) is 13.5. The van der Waals surface area contributed by atoms with Gasteiger partial charge in [-0.15, -0.1) is 0 Å². The standard InChI is InChI=1S/C17H24FN3O2/c1-19-9-6-16(22)21-10-7-14(8-11-21)17(23)20-12-13-2-4-15(18)5-3-13/h2-5,14,19H,6-12H2,1H3,(H,20,23). The Morgan fingerprint density at radius 2 is 1.87 bits per heavy atom. The number of halogens is 1. The van der Waals surface area contributed by atoms with Gasteiger partial charge in [0.1, 0.15) is 5.82 Å². The molecule has 1 aliphatic heterocycles. The van der Waals surface area contributed by atoms with Crippen LogP contribution in [0.15, 0.2) is 24.3 Å². The van der Waals surface area contributed by atoms with Crippen LogP contribution in [0.3, 0.4) is 0 Å². The Balaban J connectivity index is 1.73. The van der Waals surface area contributed by atoms with Gasteiger partial charge in [-0.05, 0) is 37.6 Å². The largest absolute Gasteiger partial charge is 0.352 e. The molecule has 0 aliphatic carbocycles. The Bertz CT molecular complexity index is 525. The van der Waals surface area contributed by atoms with Crippen LogP contribution in [-0.4, -0.2) is 43.4 Å². The molecular weight excluding hydrogens is 297 g/mol. The van der Waals surface area contributed by atoms with Crippen molar-refractivity contribution in [3.05, 3.63) is 35.6 Å². The number of piperidine rings is 1. The number of amides is 2. The van der Waals surface area contributed by atoms with Crippen LogP contribution in [0, 0.1) is 11.7 Å². The summed E-state index contributed by atoms with van der Waals surface area (Å²) in [6.45, 7) is 2.35. The molecule has 0 atom stereocenters. The van der Waals surface area contributed by atoms with Crippen LogP contribution in [0.25, 0.3) is 0 Å². The second-order valence-electron chi connectivity index (χ2n) is 5.85. The molecule has 1 saturated heterocycles. The topological polar surface area (TPSA) is 61.4 Å². The lowest BCUT2D eigenvalue weighted by atomic mass is 9.95. The highest BCUT2D eigenvalue weighted by Gasteiger charge is 2.26. The summed E-state index contributed by atoms with van der Waals surface area (Å²) in [6.07, 6.45) is 1.89. The third-order valence-electron chi connectivity index (χ3n) is 4.19. The second kappa shape index (κ2) is 8.62. The van der Waals surface area contributed by atoms with E-state index in [0.29, 0.717) is 45.4 Å². The molecule has 1 heterocycles. The number of carbonyl (C=O) groups is 2. The molecule has 0 unspecified atom stereocenters. The van der Waals surface area contributed by atoms with Crippen molar-refractivity contribution < 1.29 is 14.0 Å². The van der Waals surface area contributed by atoms with Gasteiger partial charge < -0.3 is 15.5 Å². The van der Waals surface area contributed by atoms with Crippen molar-refractivity contribution >= 4 is 11.8 Å². The number of hydrogen-bond donors (Lipinski definition) is 2. The van der Waals surface area contributed by atoms with Gasteiger partial charge in [0.15, 0.2) is 0 Å². The third kappa shape index (κ3) is 5.32. The number of likely N-dealkylation sites (tertiary alicyclic amines) is 1. The van der Waals surface area contributed by atoms with E-state index in [9.17, 15) is 14.0 Å². The van der Waals surface area contributed by atoms with Crippen molar-refractivity contribution in [1.29, 1.82) is 0 Å². The fraction of sp³-hybridized carbons (Fsp3) is 0.529. The molecular formula is C17H24FN3O2. The van der Waals surface area contributed by atoms with E-state index in [1.54, 1.807) is 12.1 Å². The molecule has 5 nitrogen and oxygen atoms in total. The van der Waals surface area contributed by atoms with Crippen LogP contribution >= 0.6 is 0 Å². The van der Waals surface area contributed by atoms with E-state index in [-0.39, 0.29) is 23.5 Å². The quantitative estimate of drug-likeness (QED) is 0.830. The van der Waals surface area contributed by atoms with E-state index in [4.69, 9.17) is 0 Å². The molecule has 1 aliphatic rings. The van der Waals surface area contributed by atoms with Crippen molar-refractivity contribution in [1.82, 2.24) is 15.5 Å². The number of nitrogens with one attached hydrogen (secondary N) is 2. The smallest absolute Gasteiger partial charge is 0.223 e. The summed E-state index contributed by atoms with van der Waals surface area (Å²) < 4.78 is 12.8. The molecule has 2 rings (SSSR count). The number of nitrogens with zero attached hydrogens (tertiary/aromatic N) is 1. The molecule has 1 aromatic carbocycles. The molecule has 1 aromatic rings. The van der Waals surface area contributed by atoms with Gasteiger partial charge in [0.2, 0.25) is 11.8 Å². The molecule has 126 valence electrons. The molecule has 6 heteroatoms. The first-order valence-electron chi connectivity index (χ1n) is 8.04. The first-order chi connectivity index (χ1) is 11.1. The maximum absolute atomic E-state index is 12.8. The lowest BCUT2D eigenvalue weighted by molar-refractivity contribution is -0.135. The van der Waals surface area contributed by atoms with Crippen LogP contribution in [0.1, 0.15) is 24.8 Å². The Morgan fingerprint density at radius 3 is 2.48 bits per heavy atom. The van der Waals surface area contributed by atoms with Crippen LogP contribution in [-0.2, 0) is 16.1 Å². The van der Waals surface area contributed by atoms with Crippen molar-refractivity contribution in [2.45, 2.75) is 25.8 Å². The summed E-state index contributed by atoms with van der Waals surface area (Å²) >= 11 is 0. The van der Waals surface area contributed by atoms with Crippen LogP contribution < -0.4 is 10.6 Å². The van der Waals surface area contributed by atoms with E-state index < -0.39 is 0 Å². The molecule has 0 bridgehead atoms. The normalized spacial score (nSPS) is 15.5. The average Bonchev–Trinajstić information content (AvgIpc) is 2.59. The van der Waals surface area contributed by atoms with Gasteiger partial charge in [-0.2, -0.15) is 0 Å². The molecule has 2 amide bonds. The lowest BCUT2D eigenvalue weighted by Crippen LogP contribution is -2.43. The monoisotopic (exact) mass is 321 g/mol. The molecule has 0 spiro atoms. The highest BCUT2D eigenvalue weighted by atomic mass is 19.1. The maximum Gasteiger partial charge on any atom is 0.223 e. The van der Waals surface area contributed by atoms with Crippen LogP contribution in [0.4, 0.5) is 4.39 Å². The van der Waals surface area contributed by atoms with E-state index in [1.165, 1.54) is 12.1 Å². The predicted molar refractivity (Wildman–Crippen MR) is 86.1 cm³/mol. The third-order valence-corrected chi connectivity index (χ3v) is 4.19. The minimum atomic E-state index is -0.282. The van der Waals surface area contributed by atoms with Crippen molar-refractivity contribution in [2.24, 2.45) is 5.92 Å². The lowest BCUT2D eigenvalue weighted by Gasteiger charge is -2.31. The number of carbonyl (C=O) groups excluding carboxylic acids is 2. The van der Waals surface area contributed by atoms with E-state index in [1.807, 2.05) is 11.9 Å². The first-order valence-corrected chi connectivity index (χ1v) is 8.04.